The van der Waals surface area contributed by atoms with E-state index in [1.165, 1.54) is 18.7 Å². The molecule has 4 rings (SSSR count). The van der Waals surface area contributed by atoms with Gasteiger partial charge >= 0.3 is 5.97 Å². The van der Waals surface area contributed by atoms with Gasteiger partial charge in [0.05, 0.1) is 23.8 Å². The van der Waals surface area contributed by atoms with Gasteiger partial charge in [0.2, 0.25) is 5.91 Å². The van der Waals surface area contributed by atoms with Gasteiger partial charge in [0, 0.05) is 29.8 Å². The molecule has 7 nitrogen and oxygen atoms in total. The Kier molecular flexibility index (Phi) is 5.94. The number of amides is 1. The number of nitrogens with one attached hydrogen (secondary N) is 2. The maximum Gasteiger partial charge on any atom is 0.302 e. The SMILES string of the molecule is CC(=O)OCCC1SC(=NN=Cc2c(-c3ccccc3)[nH]c3ccccc23)NC1=O. The summed E-state index contributed by atoms with van der Waals surface area (Å²) in [5.74, 6) is -0.511. The van der Waals surface area contributed by atoms with Crippen LogP contribution < -0.4 is 5.32 Å². The van der Waals surface area contributed by atoms with Crippen LogP contribution in [0.4, 0.5) is 0 Å². The second-order valence-corrected chi connectivity index (χ2v) is 7.89. The number of rotatable bonds is 6. The third-order valence-electron chi connectivity index (χ3n) is 4.61. The number of aromatic nitrogens is 1. The number of esters is 1. The van der Waals surface area contributed by atoms with Crippen molar-refractivity contribution in [1.29, 1.82) is 0 Å². The first-order chi connectivity index (χ1) is 14.6. The summed E-state index contributed by atoms with van der Waals surface area (Å²) in [6.07, 6.45) is 2.13. The topological polar surface area (TPSA) is 95.9 Å². The van der Waals surface area contributed by atoms with Gasteiger partial charge in [-0.1, -0.05) is 60.3 Å². The van der Waals surface area contributed by atoms with E-state index in [1.807, 2.05) is 54.6 Å². The lowest BCUT2D eigenvalue weighted by Gasteiger charge is -2.04. The molecule has 2 N–H and O–H groups in total. The molecule has 0 aliphatic carbocycles. The van der Waals surface area contributed by atoms with Crippen LogP contribution in [0, 0.1) is 0 Å². The minimum absolute atomic E-state index is 0.154. The number of nitrogens with zero attached hydrogens (tertiary/aromatic N) is 2. The number of hydrogen-bond acceptors (Lipinski definition) is 6. The number of H-pyrrole nitrogens is 1. The highest BCUT2D eigenvalue weighted by Crippen LogP contribution is 2.29. The summed E-state index contributed by atoms with van der Waals surface area (Å²) in [6.45, 7) is 1.55. The number of ether oxygens (including phenoxy) is 1. The van der Waals surface area contributed by atoms with E-state index in [1.54, 1.807) is 6.21 Å². The summed E-state index contributed by atoms with van der Waals surface area (Å²) in [6, 6.07) is 18.0. The predicted octanol–water partition coefficient (Wildman–Crippen LogP) is 3.71. The van der Waals surface area contributed by atoms with Gasteiger partial charge in [0.15, 0.2) is 5.17 Å². The molecule has 1 unspecified atom stereocenters. The summed E-state index contributed by atoms with van der Waals surface area (Å²) in [7, 11) is 0. The zero-order chi connectivity index (χ0) is 20.9. The molecular formula is C22H20N4O3S. The zero-order valence-electron chi connectivity index (χ0n) is 16.3. The zero-order valence-corrected chi connectivity index (χ0v) is 17.1. The first kappa shape index (κ1) is 19.9. The van der Waals surface area contributed by atoms with Gasteiger partial charge in [0.25, 0.3) is 0 Å². The molecule has 1 aliphatic rings. The summed E-state index contributed by atoms with van der Waals surface area (Å²) < 4.78 is 4.91. The van der Waals surface area contributed by atoms with Gasteiger partial charge in [-0.2, -0.15) is 5.10 Å². The Morgan fingerprint density at radius 2 is 1.93 bits per heavy atom. The minimum atomic E-state index is -0.357. The summed E-state index contributed by atoms with van der Waals surface area (Å²) in [4.78, 5) is 26.4. The fraction of sp³-hybridized carbons (Fsp3) is 0.182. The molecule has 1 fully saturated rings. The van der Waals surface area contributed by atoms with E-state index in [0.29, 0.717) is 11.6 Å². The molecule has 1 aliphatic heterocycles. The van der Waals surface area contributed by atoms with Crippen molar-refractivity contribution in [2.24, 2.45) is 10.2 Å². The van der Waals surface area contributed by atoms with Crippen LogP contribution in [0.5, 0.6) is 0 Å². The number of para-hydroxylation sites is 1. The van der Waals surface area contributed by atoms with E-state index in [2.05, 4.69) is 20.5 Å². The average molecular weight is 420 g/mol. The van der Waals surface area contributed by atoms with Gasteiger partial charge in [-0.15, -0.1) is 5.10 Å². The molecule has 2 aromatic carbocycles. The molecule has 0 bridgehead atoms. The van der Waals surface area contributed by atoms with Crippen molar-refractivity contribution in [3.8, 4) is 11.3 Å². The van der Waals surface area contributed by atoms with Crippen molar-refractivity contribution in [1.82, 2.24) is 10.3 Å². The lowest BCUT2D eigenvalue weighted by Crippen LogP contribution is -2.25. The van der Waals surface area contributed by atoms with E-state index in [9.17, 15) is 9.59 Å². The number of carbonyl (C=O) groups excluding carboxylic acids is 2. The Hall–Kier alpha value is -3.39. The lowest BCUT2D eigenvalue weighted by atomic mass is 10.1. The van der Waals surface area contributed by atoms with Gasteiger partial charge in [0.1, 0.15) is 0 Å². The van der Waals surface area contributed by atoms with E-state index < -0.39 is 0 Å². The maximum atomic E-state index is 12.1. The van der Waals surface area contributed by atoms with E-state index in [0.717, 1.165) is 27.7 Å². The molecular weight excluding hydrogens is 400 g/mol. The highest BCUT2D eigenvalue weighted by Gasteiger charge is 2.30. The Morgan fingerprint density at radius 3 is 2.73 bits per heavy atom. The summed E-state index contributed by atoms with van der Waals surface area (Å²) >= 11 is 1.29. The summed E-state index contributed by atoms with van der Waals surface area (Å²) in [5, 5.41) is 12.3. The fourth-order valence-corrected chi connectivity index (χ4v) is 4.12. The first-order valence-corrected chi connectivity index (χ1v) is 10.4. The number of fused-ring (bicyclic) bond motifs is 1. The highest BCUT2D eigenvalue weighted by molar-refractivity contribution is 8.15. The Bertz CT molecular complexity index is 1140. The minimum Gasteiger partial charge on any atom is -0.466 e. The number of amidine groups is 1. The van der Waals surface area contributed by atoms with Gasteiger partial charge < -0.3 is 15.0 Å². The maximum absolute atomic E-state index is 12.1. The standard InChI is InChI=1S/C22H20N4O3S/c1-14(27)29-12-11-19-21(28)25-22(30-19)26-23-13-17-16-9-5-6-10-18(16)24-20(17)15-7-3-2-4-8-15/h2-10,13,19,24H,11-12H2,1H3,(H,25,26,28). The normalized spacial score (nSPS) is 17.7. The number of carbonyl (C=O) groups is 2. The highest BCUT2D eigenvalue weighted by atomic mass is 32.2. The van der Waals surface area contributed by atoms with Crippen LogP contribution in [0.2, 0.25) is 0 Å². The van der Waals surface area contributed by atoms with Crippen LogP contribution in [0.15, 0.2) is 64.8 Å². The van der Waals surface area contributed by atoms with E-state index in [-0.39, 0.29) is 23.7 Å². The third-order valence-corrected chi connectivity index (χ3v) is 5.75. The largest absolute Gasteiger partial charge is 0.466 e. The van der Waals surface area contributed by atoms with Gasteiger partial charge in [-0.05, 0) is 11.6 Å². The fourth-order valence-electron chi connectivity index (χ4n) is 3.22. The molecule has 1 aromatic heterocycles. The monoisotopic (exact) mass is 420 g/mol. The van der Waals surface area contributed by atoms with Crippen LogP contribution >= 0.6 is 11.8 Å². The smallest absolute Gasteiger partial charge is 0.302 e. The molecule has 2 heterocycles. The van der Waals surface area contributed by atoms with Crippen molar-refractivity contribution < 1.29 is 14.3 Å². The average Bonchev–Trinajstić information content (AvgIpc) is 3.29. The molecule has 0 saturated carbocycles. The number of aromatic amines is 1. The molecule has 1 amide bonds. The molecule has 0 spiro atoms. The second-order valence-electron chi connectivity index (χ2n) is 6.70. The van der Waals surface area contributed by atoms with Gasteiger partial charge in [-0.25, -0.2) is 0 Å². The summed E-state index contributed by atoms with van der Waals surface area (Å²) in [5.41, 5.74) is 3.96. The predicted molar refractivity (Wildman–Crippen MR) is 120 cm³/mol. The molecule has 8 heteroatoms. The molecule has 30 heavy (non-hydrogen) atoms. The van der Waals surface area contributed by atoms with Crippen molar-refractivity contribution in [2.75, 3.05) is 6.61 Å². The van der Waals surface area contributed by atoms with Crippen LogP contribution in [-0.2, 0) is 14.3 Å². The second kappa shape index (κ2) is 8.96. The Balaban J connectivity index is 1.54. The van der Waals surface area contributed by atoms with Crippen molar-refractivity contribution in [2.45, 2.75) is 18.6 Å². The Morgan fingerprint density at radius 1 is 1.17 bits per heavy atom. The third kappa shape index (κ3) is 4.44. The molecule has 0 radical (unpaired) electrons. The lowest BCUT2D eigenvalue weighted by molar-refractivity contribution is -0.141. The Labute approximate surface area is 177 Å². The number of thioether (sulfide) groups is 1. The first-order valence-electron chi connectivity index (χ1n) is 9.50. The quantitative estimate of drug-likeness (QED) is 0.361. The van der Waals surface area contributed by atoms with Crippen molar-refractivity contribution in [3.05, 3.63) is 60.2 Å². The van der Waals surface area contributed by atoms with Crippen molar-refractivity contribution >= 4 is 45.9 Å². The molecule has 1 atom stereocenters. The number of hydrogen-bond donors (Lipinski definition) is 2. The van der Waals surface area contributed by atoms with E-state index in [4.69, 9.17) is 4.74 Å². The van der Waals surface area contributed by atoms with Crippen LogP contribution in [0.25, 0.3) is 22.2 Å². The van der Waals surface area contributed by atoms with Gasteiger partial charge in [-0.3, -0.25) is 9.59 Å². The van der Waals surface area contributed by atoms with Crippen LogP contribution in [0.3, 0.4) is 0 Å². The van der Waals surface area contributed by atoms with Crippen molar-refractivity contribution in [3.63, 3.8) is 0 Å². The van der Waals surface area contributed by atoms with E-state index >= 15 is 0 Å². The van der Waals surface area contributed by atoms with Crippen LogP contribution in [0.1, 0.15) is 18.9 Å². The number of benzene rings is 2. The van der Waals surface area contributed by atoms with Crippen LogP contribution in [-0.4, -0.2) is 40.1 Å². The molecule has 3 aromatic rings. The molecule has 1 saturated heterocycles. The molecule has 152 valence electrons.